The van der Waals surface area contributed by atoms with Crippen LogP contribution in [0.25, 0.3) is 11.0 Å². The van der Waals surface area contributed by atoms with Crippen molar-refractivity contribution in [1.82, 2.24) is 9.97 Å². The van der Waals surface area contributed by atoms with Gasteiger partial charge in [0.05, 0.1) is 17.0 Å². The van der Waals surface area contributed by atoms with Crippen LogP contribution in [0.2, 0.25) is 0 Å². The second kappa shape index (κ2) is 4.58. The van der Waals surface area contributed by atoms with Crippen LogP contribution in [0.3, 0.4) is 0 Å². The van der Waals surface area contributed by atoms with E-state index in [1.807, 2.05) is 29.2 Å². The van der Waals surface area contributed by atoms with Crippen molar-refractivity contribution in [2.45, 2.75) is 18.9 Å². The number of para-hydroxylation sites is 2. The van der Waals surface area contributed by atoms with Crippen molar-refractivity contribution in [2.75, 3.05) is 23.3 Å². The van der Waals surface area contributed by atoms with Gasteiger partial charge in [-0.05, 0) is 25.0 Å². The Labute approximate surface area is 121 Å². The van der Waals surface area contributed by atoms with Crippen molar-refractivity contribution >= 4 is 28.6 Å². The molecular formula is C15H16N4O2. The highest BCUT2D eigenvalue weighted by Crippen LogP contribution is 2.33. The van der Waals surface area contributed by atoms with Gasteiger partial charge in [0.15, 0.2) is 11.6 Å². The first-order valence-corrected chi connectivity index (χ1v) is 7.22. The summed E-state index contributed by atoms with van der Waals surface area (Å²) in [6, 6.07) is 8.24. The van der Waals surface area contributed by atoms with Crippen LogP contribution in [0, 0.1) is 5.92 Å². The molecular weight excluding hydrogens is 268 g/mol. The van der Waals surface area contributed by atoms with Crippen molar-refractivity contribution in [3.63, 3.8) is 0 Å². The zero-order chi connectivity index (χ0) is 14.4. The number of benzene rings is 1. The molecule has 0 radical (unpaired) electrons. The lowest BCUT2D eigenvalue weighted by atomic mass is 10.0. The van der Waals surface area contributed by atoms with Gasteiger partial charge in [-0.1, -0.05) is 12.1 Å². The Bertz CT molecular complexity index is 708. The van der Waals surface area contributed by atoms with Gasteiger partial charge in [0.2, 0.25) is 0 Å². The van der Waals surface area contributed by atoms with Crippen LogP contribution in [0.15, 0.2) is 24.3 Å². The molecule has 0 bridgehead atoms. The Kier molecular flexibility index (Phi) is 2.70. The maximum Gasteiger partial charge on any atom is 0.310 e. The van der Waals surface area contributed by atoms with Crippen LogP contribution >= 0.6 is 0 Å². The predicted molar refractivity (Wildman–Crippen MR) is 79.5 cm³/mol. The quantitative estimate of drug-likeness (QED) is 0.890. The normalized spacial score (nSPS) is 18.6. The number of carboxylic acids is 1. The summed E-state index contributed by atoms with van der Waals surface area (Å²) in [5, 5.41) is 12.4. The second-order valence-electron chi connectivity index (χ2n) is 5.74. The number of aliphatic carboxylic acids is 1. The number of carboxylic acid groups (broad SMARTS) is 1. The number of hydrogen-bond acceptors (Lipinski definition) is 5. The van der Waals surface area contributed by atoms with Gasteiger partial charge in [-0.3, -0.25) is 4.79 Å². The van der Waals surface area contributed by atoms with E-state index in [1.165, 1.54) is 0 Å². The summed E-state index contributed by atoms with van der Waals surface area (Å²) < 4.78 is 0. The van der Waals surface area contributed by atoms with E-state index in [-0.39, 0.29) is 5.92 Å². The number of hydrogen-bond donors (Lipinski definition) is 2. The highest BCUT2D eigenvalue weighted by Gasteiger charge is 2.35. The molecule has 4 rings (SSSR count). The molecule has 2 fully saturated rings. The van der Waals surface area contributed by atoms with Crippen molar-refractivity contribution < 1.29 is 9.90 Å². The zero-order valence-corrected chi connectivity index (χ0v) is 11.5. The molecule has 108 valence electrons. The molecule has 0 amide bonds. The maximum atomic E-state index is 11.0. The van der Waals surface area contributed by atoms with E-state index in [2.05, 4.69) is 15.3 Å². The van der Waals surface area contributed by atoms with Crippen LogP contribution in [-0.2, 0) is 4.79 Å². The van der Waals surface area contributed by atoms with E-state index in [0.29, 0.717) is 19.1 Å². The number of carbonyl (C=O) groups is 1. The zero-order valence-electron chi connectivity index (χ0n) is 11.5. The fraction of sp³-hybridized carbons (Fsp3) is 0.400. The number of rotatable bonds is 4. The highest BCUT2D eigenvalue weighted by molar-refractivity contribution is 5.82. The van der Waals surface area contributed by atoms with Gasteiger partial charge in [0.25, 0.3) is 0 Å². The highest BCUT2D eigenvalue weighted by atomic mass is 16.4. The van der Waals surface area contributed by atoms with Gasteiger partial charge in [-0.15, -0.1) is 0 Å². The van der Waals surface area contributed by atoms with E-state index in [1.54, 1.807) is 0 Å². The smallest absolute Gasteiger partial charge is 0.310 e. The predicted octanol–water partition coefficient (Wildman–Crippen LogP) is 1.72. The second-order valence-corrected chi connectivity index (χ2v) is 5.74. The Balaban J connectivity index is 1.69. The van der Waals surface area contributed by atoms with Gasteiger partial charge in [-0.25, -0.2) is 9.97 Å². The maximum absolute atomic E-state index is 11.0. The van der Waals surface area contributed by atoms with Gasteiger partial charge in [-0.2, -0.15) is 0 Å². The van der Waals surface area contributed by atoms with E-state index in [4.69, 9.17) is 5.11 Å². The number of aromatic nitrogens is 2. The third kappa shape index (κ3) is 2.26. The average Bonchev–Trinajstić information content (AvgIpc) is 3.21. The Morgan fingerprint density at radius 1 is 1.19 bits per heavy atom. The standard InChI is InChI=1S/C15H16N4O2/c20-15(21)9-7-19(8-9)14-13(16-10-5-6-10)17-11-3-1-2-4-12(11)18-14/h1-4,9-10H,5-8H2,(H,16,17)(H,20,21). The molecule has 1 aromatic carbocycles. The Morgan fingerprint density at radius 2 is 1.86 bits per heavy atom. The first kappa shape index (κ1) is 12.4. The summed E-state index contributed by atoms with van der Waals surface area (Å²) in [7, 11) is 0. The van der Waals surface area contributed by atoms with E-state index >= 15 is 0 Å². The molecule has 1 saturated carbocycles. The van der Waals surface area contributed by atoms with Crippen molar-refractivity contribution in [2.24, 2.45) is 5.92 Å². The summed E-state index contributed by atoms with van der Waals surface area (Å²) >= 11 is 0. The molecule has 0 spiro atoms. The van der Waals surface area contributed by atoms with Gasteiger partial charge in [0, 0.05) is 19.1 Å². The lowest BCUT2D eigenvalue weighted by Gasteiger charge is -2.38. The summed E-state index contributed by atoms with van der Waals surface area (Å²) in [4.78, 5) is 22.3. The number of nitrogens with zero attached hydrogens (tertiary/aromatic N) is 3. The SMILES string of the molecule is O=C(O)C1CN(c2nc3ccccc3nc2NC2CC2)C1. The summed E-state index contributed by atoms with van der Waals surface area (Å²) in [6.07, 6.45) is 2.32. The molecule has 0 atom stereocenters. The molecule has 1 aromatic heterocycles. The van der Waals surface area contributed by atoms with Crippen molar-refractivity contribution in [3.05, 3.63) is 24.3 Å². The molecule has 6 nitrogen and oxygen atoms in total. The topological polar surface area (TPSA) is 78.3 Å². The van der Waals surface area contributed by atoms with Crippen molar-refractivity contribution in [1.29, 1.82) is 0 Å². The summed E-state index contributed by atoms with van der Waals surface area (Å²) in [5.41, 5.74) is 1.70. The molecule has 21 heavy (non-hydrogen) atoms. The molecule has 1 aliphatic heterocycles. The fourth-order valence-electron chi connectivity index (χ4n) is 2.54. The first-order chi connectivity index (χ1) is 10.2. The molecule has 1 saturated heterocycles. The molecule has 2 N–H and O–H groups in total. The lowest BCUT2D eigenvalue weighted by Crippen LogP contribution is -2.51. The minimum atomic E-state index is -0.739. The molecule has 2 heterocycles. The van der Waals surface area contributed by atoms with Gasteiger partial charge < -0.3 is 15.3 Å². The Hall–Kier alpha value is -2.37. The third-order valence-electron chi connectivity index (χ3n) is 4.00. The lowest BCUT2D eigenvalue weighted by molar-refractivity contribution is -0.142. The van der Waals surface area contributed by atoms with Crippen LogP contribution in [0.1, 0.15) is 12.8 Å². The first-order valence-electron chi connectivity index (χ1n) is 7.22. The fourth-order valence-corrected chi connectivity index (χ4v) is 2.54. The largest absolute Gasteiger partial charge is 0.481 e. The summed E-state index contributed by atoms with van der Waals surface area (Å²) in [6.45, 7) is 1.00. The van der Waals surface area contributed by atoms with E-state index < -0.39 is 5.97 Å². The number of fused-ring (bicyclic) bond motifs is 1. The average molecular weight is 284 g/mol. The molecule has 2 aliphatic rings. The van der Waals surface area contributed by atoms with Crippen LogP contribution in [0.4, 0.5) is 11.6 Å². The van der Waals surface area contributed by atoms with Gasteiger partial charge in [0.1, 0.15) is 0 Å². The molecule has 1 aliphatic carbocycles. The number of nitrogens with one attached hydrogen (secondary N) is 1. The van der Waals surface area contributed by atoms with Crippen LogP contribution in [-0.4, -0.2) is 40.2 Å². The molecule has 6 heteroatoms. The molecule has 0 unspecified atom stereocenters. The van der Waals surface area contributed by atoms with Crippen LogP contribution < -0.4 is 10.2 Å². The summed E-state index contributed by atoms with van der Waals surface area (Å²) in [5.74, 6) is 0.516. The minimum absolute atomic E-state index is 0.299. The molecule has 2 aromatic rings. The van der Waals surface area contributed by atoms with Gasteiger partial charge >= 0.3 is 5.97 Å². The minimum Gasteiger partial charge on any atom is -0.481 e. The van der Waals surface area contributed by atoms with E-state index in [9.17, 15) is 4.79 Å². The number of anilines is 2. The third-order valence-corrected chi connectivity index (χ3v) is 4.00. The monoisotopic (exact) mass is 284 g/mol. The van der Waals surface area contributed by atoms with E-state index in [0.717, 1.165) is 35.5 Å². The Morgan fingerprint density at radius 3 is 2.48 bits per heavy atom. The van der Waals surface area contributed by atoms with Crippen LogP contribution in [0.5, 0.6) is 0 Å². The van der Waals surface area contributed by atoms with Crippen molar-refractivity contribution in [3.8, 4) is 0 Å².